The van der Waals surface area contributed by atoms with E-state index < -0.39 is 0 Å². The molecular weight excluding hydrogens is 302 g/mol. The fourth-order valence-electron chi connectivity index (χ4n) is 2.91. The standard InChI is InChI=1S/C20H21NO3/c1-13-6-4-5-7-17(13)21-20(22)15-9-8-14-11-18(23-2)19(24-3)12-16(14)10-15/h4-7,10-12H,8-9H2,1-3H3,(H,21,22). The number of aryl methyl sites for hydroxylation is 2. The Labute approximate surface area is 142 Å². The lowest BCUT2D eigenvalue weighted by Gasteiger charge is -2.19. The Bertz CT molecular complexity index is 809. The van der Waals surface area contributed by atoms with Crippen LogP contribution in [0.25, 0.3) is 6.08 Å². The van der Waals surface area contributed by atoms with Gasteiger partial charge in [-0.2, -0.15) is 0 Å². The van der Waals surface area contributed by atoms with Gasteiger partial charge in [-0.15, -0.1) is 0 Å². The van der Waals surface area contributed by atoms with Crippen LogP contribution in [0.15, 0.2) is 42.0 Å². The highest BCUT2D eigenvalue weighted by Crippen LogP contribution is 2.35. The molecule has 2 aromatic carbocycles. The van der Waals surface area contributed by atoms with Crippen molar-refractivity contribution in [1.29, 1.82) is 0 Å². The molecule has 1 N–H and O–H groups in total. The van der Waals surface area contributed by atoms with Gasteiger partial charge < -0.3 is 14.8 Å². The van der Waals surface area contributed by atoms with E-state index in [0.29, 0.717) is 12.2 Å². The number of fused-ring (bicyclic) bond motifs is 1. The summed E-state index contributed by atoms with van der Waals surface area (Å²) in [6.07, 6.45) is 3.46. The summed E-state index contributed by atoms with van der Waals surface area (Å²) in [5.41, 5.74) is 4.85. The largest absolute Gasteiger partial charge is 0.493 e. The fraction of sp³-hybridized carbons (Fsp3) is 0.250. The summed E-state index contributed by atoms with van der Waals surface area (Å²) >= 11 is 0. The van der Waals surface area contributed by atoms with Gasteiger partial charge in [0.1, 0.15) is 0 Å². The van der Waals surface area contributed by atoms with Crippen molar-refractivity contribution in [2.75, 3.05) is 19.5 Å². The quantitative estimate of drug-likeness (QED) is 0.926. The molecule has 0 aromatic heterocycles. The number of ether oxygens (including phenoxy) is 2. The summed E-state index contributed by atoms with van der Waals surface area (Å²) in [7, 11) is 3.24. The van der Waals surface area contributed by atoms with Gasteiger partial charge in [0, 0.05) is 11.3 Å². The van der Waals surface area contributed by atoms with Crippen molar-refractivity contribution < 1.29 is 14.3 Å². The highest BCUT2D eigenvalue weighted by atomic mass is 16.5. The van der Waals surface area contributed by atoms with Gasteiger partial charge in [-0.05, 0) is 60.7 Å². The van der Waals surface area contributed by atoms with E-state index in [4.69, 9.17) is 9.47 Å². The van der Waals surface area contributed by atoms with E-state index in [1.54, 1.807) is 14.2 Å². The van der Waals surface area contributed by atoms with Crippen molar-refractivity contribution >= 4 is 17.7 Å². The van der Waals surface area contributed by atoms with Gasteiger partial charge in [-0.1, -0.05) is 18.2 Å². The topological polar surface area (TPSA) is 47.6 Å². The van der Waals surface area contributed by atoms with Crippen LogP contribution in [0.1, 0.15) is 23.1 Å². The molecule has 1 amide bonds. The smallest absolute Gasteiger partial charge is 0.251 e. The van der Waals surface area contributed by atoms with Gasteiger partial charge in [0.15, 0.2) is 11.5 Å². The zero-order chi connectivity index (χ0) is 17.1. The van der Waals surface area contributed by atoms with E-state index >= 15 is 0 Å². The van der Waals surface area contributed by atoms with Crippen LogP contribution in [-0.4, -0.2) is 20.1 Å². The first-order valence-electron chi connectivity index (χ1n) is 7.95. The van der Waals surface area contributed by atoms with Crippen LogP contribution in [0.2, 0.25) is 0 Å². The second-order valence-corrected chi connectivity index (χ2v) is 5.84. The molecule has 2 aromatic rings. The summed E-state index contributed by atoms with van der Waals surface area (Å²) in [5.74, 6) is 1.34. The van der Waals surface area contributed by atoms with Crippen molar-refractivity contribution in [3.05, 3.63) is 58.7 Å². The lowest BCUT2D eigenvalue weighted by atomic mass is 9.91. The molecule has 0 spiro atoms. The van der Waals surface area contributed by atoms with Crippen LogP contribution >= 0.6 is 0 Å². The maximum Gasteiger partial charge on any atom is 0.251 e. The van der Waals surface area contributed by atoms with Crippen LogP contribution in [0.5, 0.6) is 11.5 Å². The Morgan fingerprint density at radius 1 is 1.04 bits per heavy atom. The predicted octanol–water partition coefficient (Wildman–Crippen LogP) is 3.98. The van der Waals surface area contributed by atoms with E-state index in [-0.39, 0.29) is 5.91 Å². The number of methoxy groups -OCH3 is 2. The van der Waals surface area contributed by atoms with Crippen molar-refractivity contribution in [3.8, 4) is 11.5 Å². The van der Waals surface area contributed by atoms with E-state index in [1.165, 1.54) is 5.56 Å². The van der Waals surface area contributed by atoms with Crippen LogP contribution in [0, 0.1) is 6.92 Å². The van der Waals surface area contributed by atoms with Gasteiger partial charge in [0.25, 0.3) is 5.91 Å². The SMILES string of the molecule is COc1cc2c(cc1OC)CCC(C(=O)Nc1ccccc1C)=C2. The molecule has 0 atom stereocenters. The first-order valence-corrected chi connectivity index (χ1v) is 7.95. The molecule has 0 bridgehead atoms. The zero-order valence-electron chi connectivity index (χ0n) is 14.2. The normalized spacial score (nSPS) is 12.9. The van der Waals surface area contributed by atoms with E-state index in [0.717, 1.165) is 34.6 Å². The van der Waals surface area contributed by atoms with Gasteiger partial charge in [-0.3, -0.25) is 4.79 Å². The van der Waals surface area contributed by atoms with E-state index in [9.17, 15) is 4.79 Å². The lowest BCUT2D eigenvalue weighted by Crippen LogP contribution is -2.17. The third-order valence-corrected chi connectivity index (χ3v) is 4.32. The minimum Gasteiger partial charge on any atom is -0.493 e. The van der Waals surface area contributed by atoms with Crippen molar-refractivity contribution in [2.24, 2.45) is 0 Å². The number of carbonyl (C=O) groups is 1. The maximum absolute atomic E-state index is 12.6. The van der Waals surface area contributed by atoms with Crippen LogP contribution in [-0.2, 0) is 11.2 Å². The van der Waals surface area contributed by atoms with E-state index in [1.807, 2.05) is 49.4 Å². The molecule has 0 aliphatic heterocycles. The Hall–Kier alpha value is -2.75. The lowest BCUT2D eigenvalue weighted by molar-refractivity contribution is -0.112. The number of anilines is 1. The molecule has 4 nitrogen and oxygen atoms in total. The molecule has 0 unspecified atom stereocenters. The van der Waals surface area contributed by atoms with Crippen LogP contribution in [0.3, 0.4) is 0 Å². The number of hydrogen-bond acceptors (Lipinski definition) is 3. The second kappa shape index (κ2) is 6.79. The summed E-state index contributed by atoms with van der Waals surface area (Å²) < 4.78 is 10.7. The van der Waals surface area contributed by atoms with E-state index in [2.05, 4.69) is 5.32 Å². The number of benzene rings is 2. The van der Waals surface area contributed by atoms with Crippen molar-refractivity contribution in [3.63, 3.8) is 0 Å². The van der Waals surface area contributed by atoms with Gasteiger partial charge >= 0.3 is 0 Å². The molecule has 0 radical (unpaired) electrons. The van der Waals surface area contributed by atoms with Crippen molar-refractivity contribution in [1.82, 2.24) is 0 Å². The summed E-state index contributed by atoms with van der Waals surface area (Å²) in [6, 6.07) is 11.7. The Balaban J connectivity index is 1.87. The molecular formula is C20H21NO3. The average Bonchev–Trinajstić information content (AvgIpc) is 2.61. The minimum atomic E-state index is -0.0512. The van der Waals surface area contributed by atoms with Gasteiger partial charge in [0.2, 0.25) is 0 Å². The molecule has 0 saturated carbocycles. The highest BCUT2D eigenvalue weighted by molar-refractivity contribution is 6.07. The number of hydrogen-bond donors (Lipinski definition) is 1. The first kappa shape index (κ1) is 16.1. The fourth-order valence-corrected chi connectivity index (χ4v) is 2.91. The van der Waals surface area contributed by atoms with Gasteiger partial charge in [-0.25, -0.2) is 0 Å². The Morgan fingerprint density at radius 2 is 1.75 bits per heavy atom. The Morgan fingerprint density at radius 3 is 2.46 bits per heavy atom. The molecule has 1 aliphatic carbocycles. The van der Waals surface area contributed by atoms with Gasteiger partial charge in [0.05, 0.1) is 14.2 Å². The third kappa shape index (κ3) is 3.13. The predicted molar refractivity (Wildman–Crippen MR) is 95.7 cm³/mol. The average molecular weight is 323 g/mol. The Kier molecular flexibility index (Phi) is 4.56. The molecule has 1 aliphatic rings. The molecule has 3 rings (SSSR count). The van der Waals surface area contributed by atoms with Crippen LogP contribution < -0.4 is 14.8 Å². The maximum atomic E-state index is 12.6. The zero-order valence-corrected chi connectivity index (χ0v) is 14.2. The number of para-hydroxylation sites is 1. The molecule has 124 valence electrons. The summed E-state index contributed by atoms with van der Waals surface area (Å²) in [4.78, 5) is 12.6. The third-order valence-electron chi connectivity index (χ3n) is 4.32. The molecule has 0 saturated heterocycles. The van der Waals surface area contributed by atoms with Crippen LogP contribution in [0.4, 0.5) is 5.69 Å². The summed E-state index contributed by atoms with van der Waals surface area (Å²) in [6.45, 7) is 1.98. The first-order chi connectivity index (χ1) is 11.6. The number of carbonyl (C=O) groups excluding carboxylic acids is 1. The molecule has 24 heavy (non-hydrogen) atoms. The van der Waals surface area contributed by atoms with Crippen molar-refractivity contribution in [2.45, 2.75) is 19.8 Å². The second-order valence-electron chi connectivity index (χ2n) is 5.84. The number of rotatable bonds is 4. The summed E-state index contributed by atoms with van der Waals surface area (Å²) in [5, 5.41) is 3.00. The minimum absolute atomic E-state index is 0.0512. The highest BCUT2D eigenvalue weighted by Gasteiger charge is 2.19. The molecule has 0 fully saturated rings. The number of amides is 1. The number of nitrogens with one attached hydrogen (secondary N) is 1. The molecule has 0 heterocycles. The monoisotopic (exact) mass is 323 g/mol. The molecule has 4 heteroatoms.